The molecule has 1 aliphatic rings. The average molecular weight is 304 g/mol. The quantitative estimate of drug-likeness (QED) is 0.871. The molecular formula is C16H20N2O4. The van der Waals surface area contributed by atoms with Crippen molar-refractivity contribution in [3.05, 3.63) is 35.9 Å². The van der Waals surface area contributed by atoms with E-state index in [1.807, 2.05) is 30.3 Å². The maximum absolute atomic E-state index is 12.2. The standard InChI is InChI=1S/C16H20N2O4/c19-14(6-7-16(21)22)17-8-10-18(11-9-17)15(20)12-13-4-2-1-3-5-13/h1-5H,6-12H2,(H,21,22). The summed E-state index contributed by atoms with van der Waals surface area (Å²) >= 11 is 0. The second kappa shape index (κ2) is 7.59. The molecule has 2 amide bonds. The lowest BCUT2D eigenvalue weighted by Gasteiger charge is -2.34. The van der Waals surface area contributed by atoms with Crippen LogP contribution >= 0.6 is 0 Å². The van der Waals surface area contributed by atoms with Crippen LogP contribution in [0.5, 0.6) is 0 Å². The normalized spacial score (nSPS) is 14.7. The smallest absolute Gasteiger partial charge is 0.303 e. The Labute approximate surface area is 129 Å². The third-order valence-corrected chi connectivity index (χ3v) is 3.74. The second-order valence-electron chi connectivity index (χ2n) is 5.32. The van der Waals surface area contributed by atoms with Crippen LogP contribution in [0, 0.1) is 0 Å². The number of amides is 2. The van der Waals surface area contributed by atoms with E-state index in [1.165, 1.54) is 0 Å². The number of carbonyl (C=O) groups excluding carboxylic acids is 2. The van der Waals surface area contributed by atoms with Crippen molar-refractivity contribution < 1.29 is 19.5 Å². The molecule has 1 heterocycles. The van der Waals surface area contributed by atoms with E-state index >= 15 is 0 Å². The molecule has 118 valence electrons. The van der Waals surface area contributed by atoms with Gasteiger partial charge < -0.3 is 14.9 Å². The summed E-state index contributed by atoms with van der Waals surface area (Å²) in [6.45, 7) is 1.95. The molecule has 22 heavy (non-hydrogen) atoms. The lowest BCUT2D eigenvalue weighted by Crippen LogP contribution is -2.51. The molecule has 0 aromatic heterocycles. The van der Waals surface area contributed by atoms with Crippen molar-refractivity contribution in [2.24, 2.45) is 0 Å². The molecule has 6 heteroatoms. The molecule has 0 unspecified atom stereocenters. The number of hydrogen-bond acceptors (Lipinski definition) is 3. The number of carboxylic acids is 1. The van der Waals surface area contributed by atoms with Crippen molar-refractivity contribution in [1.29, 1.82) is 0 Å². The van der Waals surface area contributed by atoms with Crippen molar-refractivity contribution in [3.63, 3.8) is 0 Å². The Bertz CT molecular complexity index is 536. The Hall–Kier alpha value is -2.37. The highest BCUT2D eigenvalue weighted by Crippen LogP contribution is 2.08. The van der Waals surface area contributed by atoms with Gasteiger partial charge in [0, 0.05) is 32.6 Å². The van der Waals surface area contributed by atoms with Gasteiger partial charge in [0.15, 0.2) is 0 Å². The Morgan fingerprint density at radius 1 is 0.864 bits per heavy atom. The minimum Gasteiger partial charge on any atom is -0.481 e. The van der Waals surface area contributed by atoms with Gasteiger partial charge in [0.05, 0.1) is 12.8 Å². The summed E-state index contributed by atoms with van der Waals surface area (Å²) in [7, 11) is 0. The van der Waals surface area contributed by atoms with Crippen LogP contribution in [0.2, 0.25) is 0 Å². The van der Waals surface area contributed by atoms with Gasteiger partial charge in [0.25, 0.3) is 0 Å². The summed E-state index contributed by atoms with van der Waals surface area (Å²) in [4.78, 5) is 37.9. The number of carboxylic acid groups (broad SMARTS) is 1. The Morgan fingerprint density at radius 2 is 1.41 bits per heavy atom. The van der Waals surface area contributed by atoms with Gasteiger partial charge >= 0.3 is 5.97 Å². The van der Waals surface area contributed by atoms with Gasteiger partial charge in [-0.05, 0) is 5.56 Å². The van der Waals surface area contributed by atoms with Gasteiger partial charge in [0.1, 0.15) is 0 Å². The lowest BCUT2D eigenvalue weighted by molar-refractivity contribution is -0.142. The van der Waals surface area contributed by atoms with E-state index in [1.54, 1.807) is 9.80 Å². The van der Waals surface area contributed by atoms with Crippen molar-refractivity contribution in [3.8, 4) is 0 Å². The van der Waals surface area contributed by atoms with Gasteiger partial charge in [-0.3, -0.25) is 14.4 Å². The molecule has 0 radical (unpaired) electrons. The number of benzene rings is 1. The zero-order chi connectivity index (χ0) is 15.9. The molecule has 2 rings (SSSR count). The highest BCUT2D eigenvalue weighted by atomic mass is 16.4. The summed E-state index contributed by atoms with van der Waals surface area (Å²) in [6.07, 6.45) is 0.243. The van der Waals surface area contributed by atoms with Crippen LogP contribution in [-0.2, 0) is 20.8 Å². The molecule has 1 aromatic carbocycles. The maximum Gasteiger partial charge on any atom is 0.303 e. The molecule has 0 spiro atoms. The molecule has 1 saturated heterocycles. The van der Waals surface area contributed by atoms with Crippen molar-refractivity contribution in [2.75, 3.05) is 26.2 Å². The third kappa shape index (κ3) is 4.58. The third-order valence-electron chi connectivity index (χ3n) is 3.74. The minimum absolute atomic E-state index is 0.0211. The van der Waals surface area contributed by atoms with E-state index in [4.69, 9.17) is 5.11 Å². The summed E-state index contributed by atoms with van der Waals surface area (Å²) in [6, 6.07) is 9.56. The number of rotatable bonds is 5. The fraction of sp³-hybridized carbons (Fsp3) is 0.438. The largest absolute Gasteiger partial charge is 0.481 e. The van der Waals surface area contributed by atoms with Crippen molar-refractivity contribution in [1.82, 2.24) is 9.80 Å². The summed E-state index contributed by atoms with van der Waals surface area (Å²) < 4.78 is 0. The summed E-state index contributed by atoms with van der Waals surface area (Å²) in [5.74, 6) is -1.06. The lowest BCUT2D eigenvalue weighted by atomic mass is 10.1. The molecule has 1 aromatic rings. The van der Waals surface area contributed by atoms with E-state index in [-0.39, 0.29) is 24.7 Å². The van der Waals surface area contributed by atoms with Crippen molar-refractivity contribution in [2.45, 2.75) is 19.3 Å². The zero-order valence-corrected chi connectivity index (χ0v) is 12.4. The fourth-order valence-electron chi connectivity index (χ4n) is 2.46. The van der Waals surface area contributed by atoms with Gasteiger partial charge in [-0.25, -0.2) is 0 Å². The summed E-state index contributed by atoms with van der Waals surface area (Å²) in [5.41, 5.74) is 0.979. The van der Waals surface area contributed by atoms with Gasteiger partial charge in [-0.1, -0.05) is 30.3 Å². The van der Waals surface area contributed by atoms with Crippen LogP contribution in [-0.4, -0.2) is 58.9 Å². The first-order valence-electron chi connectivity index (χ1n) is 7.37. The highest BCUT2D eigenvalue weighted by Gasteiger charge is 2.24. The first-order valence-corrected chi connectivity index (χ1v) is 7.37. The number of piperazine rings is 1. The van der Waals surface area contributed by atoms with E-state index < -0.39 is 5.97 Å². The van der Waals surface area contributed by atoms with Crippen LogP contribution in [0.4, 0.5) is 0 Å². The molecule has 0 aliphatic carbocycles. The Balaban J connectivity index is 1.78. The van der Waals surface area contributed by atoms with Crippen LogP contribution < -0.4 is 0 Å². The zero-order valence-electron chi connectivity index (χ0n) is 12.4. The molecule has 0 saturated carbocycles. The van der Waals surface area contributed by atoms with E-state index in [0.29, 0.717) is 32.6 Å². The Kier molecular flexibility index (Phi) is 5.52. The molecular weight excluding hydrogens is 284 g/mol. The Morgan fingerprint density at radius 3 is 1.95 bits per heavy atom. The molecule has 0 bridgehead atoms. The van der Waals surface area contributed by atoms with Crippen molar-refractivity contribution >= 4 is 17.8 Å². The first-order chi connectivity index (χ1) is 10.6. The number of nitrogens with zero attached hydrogens (tertiary/aromatic N) is 2. The molecule has 1 fully saturated rings. The van der Waals surface area contributed by atoms with E-state index in [2.05, 4.69) is 0 Å². The molecule has 0 atom stereocenters. The van der Waals surface area contributed by atoms with Crippen LogP contribution in [0.15, 0.2) is 30.3 Å². The van der Waals surface area contributed by atoms with Gasteiger partial charge in [-0.2, -0.15) is 0 Å². The maximum atomic E-state index is 12.2. The number of aliphatic carboxylic acids is 1. The minimum atomic E-state index is -0.968. The average Bonchev–Trinajstić information content (AvgIpc) is 2.53. The van der Waals surface area contributed by atoms with E-state index in [0.717, 1.165) is 5.56 Å². The summed E-state index contributed by atoms with van der Waals surface area (Å²) in [5, 5.41) is 8.59. The highest BCUT2D eigenvalue weighted by molar-refractivity contribution is 5.82. The molecule has 1 aliphatic heterocycles. The number of carbonyl (C=O) groups is 3. The van der Waals surface area contributed by atoms with Gasteiger partial charge in [0.2, 0.25) is 11.8 Å². The fourth-order valence-corrected chi connectivity index (χ4v) is 2.46. The predicted molar refractivity (Wildman–Crippen MR) is 80.2 cm³/mol. The topological polar surface area (TPSA) is 77.9 Å². The monoisotopic (exact) mass is 304 g/mol. The van der Waals surface area contributed by atoms with Crippen LogP contribution in [0.3, 0.4) is 0 Å². The van der Waals surface area contributed by atoms with Crippen LogP contribution in [0.25, 0.3) is 0 Å². The van der Waals surface area contributed by atoms with E-state index in [9.17, 15) is 14.4 Å². The molecule has 6 nitrogen and oxygen atoms in total. The van der Waals surface area contributed by atoms with Gasteiger partial charge in [-0.15, -0.1) is 0 Å². The molecule has 1 N–H and O–H groups in total. The predicted octanol–water partition coefficient (Wildman–Crippen LogP) is 0.765. The number of hydrogen-bond donors (Lipinski definition) is 1. The second-order valence-corrected chi connectivity index (χ2v) is 5.32. The first kappa shape index (κ1) is 16.0. The SMILES string of the molecule is O=C(O)CCC(=O)N1CCN(C(=O)Cc2ccccc2)CC1. The van der Waals surface area contributed by atoms with Crippen LogP contribution in [0.1, 0.15) is 18.4 Å².